The first-order chi connectivity index (χ1) is 34.1. The highest BCUT2D eigenvalue weighted by molar-refractivity contribution is 8.76. The van der Waals surface area contributed by atoms with E-state index >= 15 is 0 Å². The molecule has 72 heavy (non-hydrogen) atoms. The van der Waals surface area contributed by atoms with E-state index in [1.165, 1.54) is 13.8 Å². The Bertz CT molecular complexity index is 2400. The van der Waals surface area contributed by atoms with Crippen LogP contribution in [-0.4, -0.2) is 152 Å². The number of nitrogens with two attached hydrogens (primary N) is 2. The summed E-state index contributed by atoms with van der Waals surface area (Å²) in [7, 11) is 2.06. The summed E-state index contributed by atoms with van der Waals surface area (Å²) in [5.41, 5.74) is 15.0. The third-order valence-electron chi connectivity index (χ3n) is 11.9. The molecule has 3 aromatic carbocycles. The molecule has 0 radical (unpaired) electrons. The number of rotatable bonds is 17. The van der Waals surface area contributed by atoms with E-state index in [1.54, 1.807) is 60.8 Å². The predicted molar refractivity (Wildman–Crippen MR) is 276 cm³/mol. The van der Waals surface area contributed by atoms with Gasteiger partial charge in [0.1, 0.15) is 36.3 Å². The number of H-pyrrole nitrogens is 1. The van der Waals surface area contributed by atoms with Crippen LogP contribution in [0.1, 0.15) is 49.8 Å². The Balaban J connectivity index is 0.0000112. The van der Waals surface area contributed by atoms with E-state index in [9.17, 15) is 48.9 Å². The number of aliphatic hydroxyl groups excluding tert-OH is 3. The van der Waals surface area contributed by atoms with Crippen molar-refractivity contribution >= 4 is 73.8 Å². The number of unbranched alkanes of at least 4 members (excludes halogenated alkanes) is 1. The maximum Gasteiger partial charge on any atom is 0.245 e. The number of aliphatic hydroxyl groups is 3. The molecule has 10 atom stereocenters. The van der Waals surface area contributed by atoms with Crippen molar-refractivity contribution in [3.8, 4) is 0 Å². The maximum atomic E-state index is 14.7. The van der Waals surface area contributed by atoms with Crippen molar-refractivity contribution in [1.82, 2.24) is 42.2 Å². The van der Waals surface area contributed by atoms with Crippen LogP contribution in [-0.2, 0) is 52.8 Å². The van der Waals surface area contributed by atoms with Gasteiger partial charge in [-0.25, -0.2) is 0 Å². The Kier molecular flexibility index (Phi) is 23.9. The Morgan fingerprint density at radius 3 is 1.94 bits per heavy atom. The van der Waals surface area contributed by atoms with E-state index in [-0.39, 0.29) is 49.2 Å². The zero-order valence-corrected chi connectivity index (χ0v) is 41.8. The van der Waals surface area contributed by atoms with Gasteiger partial charge in [0.15, 0.2) is 0 Å². The Labute approximate surface area is 425 Å². The number of nitrogens with one attached hydrogen (secondary N) is 8. The third-order valence-corrected chi connectivity index (χ3v) is 14.3. The molecule has 2 heterocycles. The quantitative estimate of drug-likeness (QED) is 0.0418. The second kappa shape index (κ2) is 29.5. The van der Waals surface area contributed by atoms with Gasteiger partial charge in [0, 0.05) is 41.4 Å². The first kappa shape index (κ1) is 58.5. The van der Waals surface area contributed by atoms with Crippen molar-refractivity contribution in [2.75, 3.05) is 24.7 Å². The number of aromatic amines is 1. The fourth-order valence-electron chi connectivity index (χ4n) is 7.73. The van der Waals surface area contributed by atoms with Gasteiger partial charge in [-0.05, 0) is 68.8 Å². The first-order valence-electron chi connectivity index (χ1n) is 23.5. The standard InChI is InChI=1S/C49H66N10O10S2.H2O/c1-28(61)39(25-60)56-48(68)41-27-71-70-26-40(57-43(63)34(51)21-30-13-5-3-6-14-30)47(67)54-37(22-31-15-7-4-8-16-31)45(65)55-38(23-32-24-52-35-18-10-9-17-33(32)35)46(66)53-36(19-11-12-20-50)44(64)59-42(29(2)62)49(69)58-41;/h3-10,13-18,24,28-29,34,36-42,52,60-62H,11-12,19-23,25-27,50-51H2,1-2H3,(H,53,66)(H,54,67)(H,55,65)(H,56,68)(H,57,63)(H,58,69)(H,59,64);1H2/t28-,29?,34-,36+,37+,38-,39-,40+,41+,42+;/m1./s1. The van der Waals surface area contributed by atoms with E-state index < -0.39 is 108 Å². The third kappa shape index (κ3) is 17.6. The van der Waals surface area contributed by atoms with E-state index in [4.69, 9.17) is 11.5 Å². The highest BCUT2D eigenvalue weighted by atomic mass is 33.1. The fraction of sp³-hybridized carbons (Fsp3) is 0.449. The summed E-state index contributed by atoms with van der Waals surface area (Å²) in [6, 6.07) is 14.6. The second-order valence-electron chi connectivity index (χ2n) is 17.5. The van der Waals surface area contributed by atoms with E-state index in [0.717, 1.165) is 38.1 Å². The highest BCUT2D eigenvalue weighted by Gasteiger charge is 2.36. The fourth-order valence-corrected chi connectivity index (χ4v) is 10.1. The number of aromatic nitrogens is 1. The van der Waals surface area contributed by atoms with Gasteiger partial charge in [0.05, 0.1) is 30.9 Å². The number of hydrogen-bond donors (Lipinski definition) is 13. The van der Waals surface area contributed by atoms with Crippen molar-refractivity contribution in [3.05, 3.63) is 108 Å². The van der Waals surface area contributed by atoms with Gasteiger partial charge in [-0.3, -0.25) is 33.6 Å². The molecular formula is C49H68N10O11S2. The molecular weight excluding hydrogens is 969 g/mol. The Morgan fingerprint density at radius 2 is 1.31 bits per heavy atom. The lowest BCUT2D eigenvalue weighted by Gasteiger charge is -2.29. The smallest absolute Gasteiger partial charge is 0.245 e. The van der Waals surface area contributed by atoms with Crippen molar-refractivity contribution in [1.29, 1.82) is 0 Å². The molecule has 1 aliphatic rings. The van der Waals surface area contributed by atoms with E-state index in [1.807, 2.05) is 30.3 Å². The summed E-state index contributed by atoms with van der Waals surface area (Å²) in [6.45, 7) is 2.23. The molecule has 21 nitrogen and oxygen atoms in total. The minimum atomic E-state index is -1.66. The molecule has 0 saturated carbocycles. The molecule has 5 rings (SSSR count). The molecule has 23 heteroatoms. The van der Waals surface area contributed by atoms with Crippen LogP contribution in [0.3, 0.4) is 0 Å². The van der Waals surface area contributed by atoms with Gasteiger partial charge in [0.25, 0.3) is 0 Å². The Morgan fingerprint density at radius 1 is 0.722 bits per heavy atom. The molecule has 392 valence electrons. The summed E-state index contributed by atoms with van der Waals surface area (Å²) in [4.78, 5) is 103. The number of fused-ring (bicyclic) bond motifs is 1. The van der Waals surface area contributed by atoms with Crippen molar-refractivity contribution < 1.29 is 54.4 Å². The zero-order valence-electron chi connectivity index (χ0n) is 40.2. The topological polar surface area (TPSA) is 364 Å². The first-order valence-corrected chi connectivity index (χ1v) is 26.0. The van der Waals surface area contributed by atoms with Crippen LogP contribution in [0.5, 0.6) is 0 Å². The molecule has 0 bridgehead atoms. The summed E-state index contributed by atoms with van der Waals surface area (Å²) in [5.74, 6) is -6.01. The van der Waals surface area contributed by atoms with Gasteiger partial charge in [-0.2, -0.15) is 0 Å². The summed E-state index contributed by atoms with van der Waals surface area (Å²) in [5, 5.41) is 50.5. The van der Waals surface area contributed by atoms with Crippen LogP contribution in [0.25, 0.3) is 10.9 Å². The number of carbonyl (C=O) groups is 7. The molecule has 0 aliphatic carbocycles. The molecule has 0 spiro atoms. The van der Waals surface area contributed by atoms with Crippen molar-refractivity contribution in [2.24, 2.45) is 11.5 Å². The normalized spacial score (nSPS) is 22.5. The van der Waals surface area contributed by atoms with Gasteiger partial charge in [0.2, 0.25) is 41.4 Å². The number of carbonyl (C=O) groups excluding carboxylic acids is 7. The molecule has 7 amide bonds. The zero-order chi connectivity index (χ0) is 51.5. The number of hydrogen-bond acceptors (Lipinski definition) is 14. The average molecular weight is 1040 g/mol. The van der Waals surface area contributed by atoms with Gasteiger partial charge in [-0.1, -0.05) is 100 Å². The largest absolute Gasteiger partial charge is 0.412 e. The molecule has 1 saturated heterocycles. The lowest BCUT2D eigenvalue weighted by atomic mass is 10.0. The lowest BCUT2D eigenvalue weighted by Crippen LogP contribution is -2.62. The Hall–Kier alpha value is -6.05. The summed E-state index contributed by atoms with van der Waals surface area (Å²) >= 11 is 0. The van der Waals surface area contributed by atoms with Gasteiger partial charge >= 0.3 is 0 Å². The number of amides is 7. The van der Waals surface area contributed by atoms with Gasteiger partial charge < -0.3 is 74.5 Å². The minimum absolute atomic E-state index is 0. The van der Waals surface area contributed by atoms with E-state index in [2.05, 4.69) is 42.2 Å². The average Bonchev–Trinajstić information content (AvgIpc) is 3.76. The van der Waals surface area contributed by atoms with E-state index in [0.29, 0.717) is 24.0 Å². The van der Waals surface area contributed by atoms with Crippen molar-refractivity contribution in [2.45, 2.75) is 113 Å². The highest BCUT2D eigenvalue weighted by Crippen LogP contribution is 2.24. The van der Waals surface area contributed by atoms with Crippen LogP contribution in [0, 0.1) is 0 Å². The SMILES string of the molecule is CC(O)[C@@H]1NC(=O)[C@H](CCCCN)NC(=O)[C@@H](Cc2c[nH]c3ccccc23)NC(=O)[C@H](Cc2ccccc2)NC(=O)[C@@H](NC(=O)[C@H](N)Cc2ccccc2)CSSC[C@@H](C(=O)N[C@H](CO)[C@@H](C)O)NC1=O.O. The number of benzene rings is 3. The molecule has 1 aromatic heterocycles. The number of para-hydroxylation sites is 1. The van der Waals surface area contributed by atoms with Crippen LogP contribution in [0.4, 0.5) is 0 Å². The second-order valence-corrected chi connectivity index (χ2v) is 20.0. The predicted octanol–water partition coefficient (Wildman–Crippen LogP) is -1.63. The molecule has 1 fully saturated rings. The van der Waals surface area contributed by atoms with Crippen LogP contribution in [0.2, 0.25) is 0 Å². The minimum Gasteiger partial charge on any atom is -0.412 e. The molecule has 1 aliphatic heterocycles. The van der Waals surface area contributed by atoms with Gasteiger partial charge in [-0.15, -0.1) is 0 Å². The molecule has 1 unspecified atom stereocenters. The molecule has 17 N–H and O–H groups in total. The molecule has 4 aromatic rings. The van der Waals surface area contributed by atoms with Crippen LogP contribution < -0.4 is 48.7 Å². The van der Waals surface area contributed by atoms with Crippen LogP contribution >= 0.6 is 21.6 Å². The van der Waals surface area contributed by atoms with Crippen LogP contribution in [0.15, 0.2) is 91.1 Å². The lowest BCUT2D eigenvalue weighted by molar-refractivity contribution is -0.136. The van der Waals surface area contributed by atoms with Crippen molar-refractivity contribution in [3.63, 3.8) is 0 Å². The summed E-state index contributed by atoms with van der Waals surface area (Å²) < 4.78 is 0. The maximum absolute atomic E-state index is 14.7. The summed E-state index contributed by atoms with van der Waals surface area (Å²) in [6.07, 6.45) is -0.156. The monoisotopic (exact) mass is 1040 g/mol.